The van der Waals surface area contributed by atoms with Crippen LogP contribution in [0.4, 0.5) is 0 Å². The van der Waals surface area contributed by atoms with Gasteiger partial charge in [0, 0.05) is 13.1 Å². The average molecular weight is 281 g/mol. The van der Waals surface area contributed by atoms with Gasteiger partial charge in [0.25, 0.3) is 0 Å². The van der Waals surface area contributed by atoms with Crippen LogP contribution in [0.5, 0.6) is 0 Å². The zero-order valence-electron chi connectivity index (χ0n) is 13.9. The zero-order chi connectivity index (χ0) is 14.5. The fourth-order valence-electron chi connectivity index (χ4n) is 4.37. The highest BCUT2D eigenvalue weighted by molar-refractivity contribution is 4.83. The average Bonchev–Trinajstić information content (AvgIpc) is 2.42. The molecule has 0 radical (unpaired) electrons. The van der Waals surface area contributed by atoms with Crippen LogP contribution in [0.2, 0.25) is 0 Å². The molecule has 0 heterocycles. The van der Waals surface area contributed by atoms with E-state index in [0.29, 0.717) is 5.92 Å². The Kier molecular flexibility index (Phi) is 6.35. The second-order valence-corrected chi connectivity index (χ2v) is 7.87. The first-order valence-electron chi connectivity index (χ1n) is 8.93. The molecule has 2 nitrogen and oxygen atoms in total. The summed E-state index contributed by atoms with van der Waals surface area (Å²) in [5, 5.41) is 10.3. The van der Waals surface area contributed by atoms with Crippen LogP contribution in [0.1, 0.15) is 65.2 Å². The van der Waals surface area contributed by atoms with E-state index < -0.39 is 0 Å². The van der Waals surface area contributed by atoms with Crippen LogP contribution in [0, 0.1) is 23.7 Å². The highest BCUT2D eigenvalue weighted by atomic mass is 16.3. The van der Waals surface area contributed by atoms with Gasteiger partial charge in [-0.15, -0.1) is 0 Å². The van der Waals surface area contributed by atoms with Crippen molar-refractivity contribution in [2.24, 2.45) is 23.7 Å². The van der Waals surface area contributed by atoms with E-state index in [-0.39, 0.29) is 6.10 Å². The predicted molar refractivity (Wildman–Crippen MR) is 85.7 cm³/mol. The number of hydrogen-bond acceptors (Lipinski definition) is 2. The van der Waals surface area contributed by atoms with Crippen LogP contribution < -0.4 is 0 Å². The van der Waals surface area contributed by atoms with Crippen LogP contribution in [0.25, 0.3) is 0 Å². The molecule has 2 saturated carbocycles. The second kappa shape index (κ2) is 7.79. The molecule has 0 aromatic rings. The quantitative estimate of drug-likeness (QED) is 0.825. The monoisotopic (exact) mass is 281 g/mol. The van der Waals surface area contributed by atoms with Crippen LogP contribution >= 0.6 is 0 Å². The summed E-state index contributed by atoms with van der Waals surface area (Å²) in [4.78, 5) is 2.51. The van der Waals surface area contributed by atoms with Gasteiger partial charge in [0.05, 0.1) is 6.10 Å². The fraction of sp³-hybridized carbons (Fsp3) is 1.00. The van der Waals surface area contributed by atoms with Crippen LogP contribution in [-0.4, -0.2) is 36.2 Å². The van der Waals surface area contributed by atoms with Gasteiger partial charge < -0.3 is 10.0 Å². The Morgan fingerprint density at radius 1 is 1.00 bits per heavy atom. The van der Waals surface area contributed by atoms with E-state index in [2.05, 4.69) is 25.8 Å². The summed E-state index contributed by atoms with van der Waals surface area (Å²) in [6.45, 7) is 7.02. The lowest BCUT2D eigenvalue weighted by atomic mass is 9.74. The SMILES string of the molecule is CC(C)C1CCC(O)C(CN(C)CC2CCCCC2)C1. The normalized spacial score (nSPS) is 33.0. The summed E-state index contributed by atoms with van der Waals surface area (Å²) < 4.78 is 0. The van der Waals surface area contributed by atoms with Crippen molar-refractivity contribution in [2.45, 2.75) is 71.3 Å². The van der Waals surface area contributed by atoms with Crippen molar-refractivity contribution in [2.75, 3.05) is 20.1 Å². The third kappa shape index (κ3) is 4.73. The van der Waals surface area contributed by atoms with Crippen molar-refractivity contribution in [3.8, 4) is 0 Å². The third-order valence-electron chi connectivity index (χ3n) is 5.77. The molecular formula is C18H35NO. The molecule has 0 aromatic heterocycles. The minimum atomic E-state index is -0.0567. The van der Waals surface area contributed by atoms with Gasteiger partial charge in [-0.2, -0.15) is 0 Å². The molecule has 3 unspecified atom stereocenters. The van der Waals surface area contributed by atoms with Crippen LogP contribution in [-0.2, 0) is 0 Å². The Morgan fingerprint density at radius 2 is 1.70 bits per heavy atom. The summed E-state index contributed by atoms with van der Waals surface area (Å²) >= 11 is 0. The van der Waals surface area contributed by atoms with Gasteiger partial charge in [-0.25, -0.2) is 0 Å². The largest absolute Gasteiger partial charge is 0.393 e. The first kappa shape index (κ1) is 16.3. The van der Waals surface area contributed by atoms with Crippen molar-refractivity contribution in [3.05, 3.63) is 0 Å². The maximum absolute atomic E-state index is 10.3. The predicted octanol–water partition coefficient (Wildman–Crippen LogP) is 3.93. The van der Waals surface area contributed by atoms with Gasteiger partial charge in [-0.1, -0.05) is 33.1 Å². The number of aliphatic hydroxyl groups is 1. The van der Waals surface area contributed by atoms with Crippen molar-refractivity contribution >= 4 is 0 Å². The van der Waals surface area contributed by atoms with Crippen molar-refractivity contribution in [1.29, 1.82) is 0 Å². The minimum Gasteiger partial charge on any atom is -0.393 e. The topological polar surface area (TPSA) is 23.5 Å². The first-order valence-corrected chi connectivity index (χ1v) is 8.93. The minimum absolute atomic E-state index is 0.0567. The standard InChI is InChI=1S/C18H35NO/c1-14(2)16-9-10-18(20)17(11-16)13-19(3)12-15-7-5-4-6-8-15/h14-18,20H,4-13H2,1-3H3. The Labute approximate surface area is 125 Å². The van der Waals surface area contributed by atoms with Crippen molar-refractivity contribution in [1.82, 2.24) is 4.90 Å². The molecule has 0 aliphatic heterocycles. The number of aliphatic hydroxyl groups excluding tert-OH is 1. The van der Waals surface area contributed by atoms with E-state index in [0.717, 1.165) is 30.7 Å². The number of hydrogen-bond donors (Lipinski definition) is 1. The lowest BCUT2D eigenvalue weighted by molar-refractivity contribution is 0.0196. The molecule has 0 saturated heterocycles. The smallest absolute Gasteiger partial charge is 0.0580 e. The van der Waals surface area contributed by atoms with Crippen LogP contribution in [0.15, 0.2) is 0 Å². The lowest BCUT2D eigenvalue weighted by Gasteiger charge is -2.38. The van der Waals surface area contributed by atoms with E-state index in [1.807, 2.05) is 0 Å². The van der Waals surface area contributed by atoms with E-state index in [1.54, 1.807) is 0 Å². The molecule has 2 aliphatic rings. The summed E-state index contributed by atoms with van der Waals surface area (Å²) in [7, 11) is 2.26. The molecule has 2 heteroatoms. The summed E-state index contributed by atoms with van der Waals surface area (Å²) in [5.74, 6) is 3.01. The van der Waals surface area contributed by atoms with Gasteiger partial charge in [0.1, 0.15) is 0 Å². The van der Waals surface area contributed by atoms with E-state index in [1.165, 1.54) is 51.5 Å². The number of nitrogens with zero attached hydrogens (tertiary/aromatic N) is 1. The van der Waals surface area contributed by atoms with Gasteiger partial charge in [-0.05, 0) is 62.8 Å². The molecule has 20 heavy (non-hydrogen) atoms. The maximum atomic E-state index is 10.3. The van der Waals surface area contributed by atoms with Gasteiger partial charge in [0.15, 0.2) is 0 Å². The third-order valence-corrected chi connectivity index (χ3v) is 5.77. The Bertz CT molecular complexity index is 273. The summed E-state index contributed by atoms with van der Waals surface area (Å²) in [6, 6.07) is 0. The Morgan fingerprint density at radius 3 is 2.35 bits per heavy atom. The highest BCUT2D eigenvalue weighted by Gasteiger charge is 2.31. The fourth-order valence-corrected chi connectivity index (χ4v) is 4.37. The number of rotatable bonds is 5. The van der Waals surface area contributed by atoms with Crippen molar-refractivity contribution in [3.63, 3.8) is 0 Å². The molecule has 2 aliphatic carbocycles. The molecule has 0 bridgehead atoms. The molecule has 0 spiro atoms. The Balaban J connectivity index is 1.77. The summed E-state index contributed by atoms with van der Waals surface area (Å²) in [6.07, 6.45) is 10.6. The Hall–Kier alpha value is -0.0800. The zero-order valence-corrected chi connectivity index (χ0v) is 13.9. The molecule has 3 atom stereocenters. The van der Waals surface area contributed by atoms with Crippen molar-refractivity contribution < 1.29 is 5.11 Å². The van der Waals surface area contributed by atoms with Gasteiger partial charge in [0.2, 0.25) is 0 Å². The maximum Gasteiger partial charge on any atom is 0.0580 e. The van der Waals surface area contributed by atoms with E-state index in [9.17, 15) is 5.11 Å². The van der Waals surface area contributed by atoms with Gasteiger partial charge in [-0.3, -0.25) is 0 Å². The summed E-state index contributed by atoms with van der Waals surface area (Å²) in [5.41, 5.74) is 0. The molecule has 1 N–H and O–H groups in total. The van der Waals surface area contributed by atoms with E-state index >= 15 is 0 Å². The molecule has 2 fully saturated rings. The first-order chi connectivity index (χ1) is 9.56. The second-order valence-electron chi connectivity index (χ2n) is 7.87. The van der Waals surface area contributed by atoms with Crippen LogP contribution in [0.3, 0.4) is 0 Å². The molecular weight excluding hydrogens is 246 g/mol. The molecule has 118 valence electrons. The van der Waals surface area contributed by atoms with E-state index in [4.69, 9.17) is 0 Å². The highest BCUT2D eigenvalue weighted by Crippen LogP contribution is 2.34. The lowest BCUT2D eigenvalue weighted by Crippen LogP contribution is -2.40. The molecule has 0 amide bonds. The molecule has 0 aromatic carbocycles. The van der Waals surface area contributed by atoms with Gasteiger partial charge >= 0.3 is 0 Å². The molecule has 2 rings (SSSR count).